The number of fused-ring (bicyclic) bond motifs is 4. The second kappa shape index (κ2) is 55.4. The van der Waals surface area contributed by atoms with Crippen molar-refractivity contribution < 1.29 is 95.1 Å². The minimum Gasteiger partial charge on any atom is -0.480 e. The van der Waals surface area contributed by atoms with E-state index in [1.165, 1.54) is 70.8 Å². The largest absolute Gasteiger partial charge is 0.480 e. The van der Waals surface area contributed by atoms with Crippen LogP contribution in [0.5, 0.6) is 0 Å². The summed E-state index contributed by atoms with van der Waals surface area (Å²) in [5.41, 5.74) is 14.8. The molecule has 8 aromatic rings. The van der Waals surface area contributed by atoms with Crippen LogP contribution in [-0.2, 0) is 108 Å². The summed E-state index contributed by atoms with van der Waals surface area (Å²) >= 11 is 0. The minimum atomic E-state index is -0.963. The van der Waals surface area contributed by atoms with E-state index in [1.807, 2.05) is 19.6 Å². The third-order valence-corrected chi connectivity index (χ3v) is 31.7. The normalized spacial score (nSPS) is 23.3. The molecule has 20 rings (SSSR count). The van der Waals surface area contributed by atoms with Crippen LogP contribution in [0.2, 0.25) is 0 Å². The standard InChI is InChI=1S/C30H40FN3O4.3C29H38FN3O4/c1-20-8-9-21-10-12-23(33-29(21)32-20)6-2-4-16-37-24-14-15-34(19-24)28(30(35)36)26-18-22(31)11-13-25(26)27-7-3-5-17-38-27;30-22-9-11-24(26-7-1-2-16-37-26)25(17-22)27(29(34)35)33-14-12-20(18-33)19-36-15-4-6-23-10-8-21-5-3-13-31-28(21)32-23;2*30-22-7-9-24(26-5-1-2-15-37-26)25(18-22)27(29(34)35)33-14-10-20(19-33)11-16-36-17-12-23-8-6-21-4-3-13-31-28(21)32-23/h10-13,18,20,24,27-28H,2-9,14-17,19H2,1H3,(H,32,33)(H,35,36);8-11,17,20,26-27H,1-7,12-16,18-19H2,(H,31,32)(H,34,35);2*6-9,18,20,26-27H,1-5,10-17,19H2,(H,31,32)(H,34,35)/t20-,24-,27+,28-;20-,26+,27+;20-,26-,27+;20-,26-,27-/m1100/s1. The molecule has 13 atom stereocenters. The van der Waals surface area contributed by atoms with E-state index in [2.05, 4.69) is 76.7 Å². The van der Waals surface area contributed by atoms with Crippen molar-refractivity contribution in [2.24, 2.45) is 17.8 Å². The fraction of sp³-hybridized carbons (Fsp3) is 0.590. The Hall–Kier alpha value is -10.2. The van der Waals surface area contributed by atoms with E-state index < -0.39 is 71.3 Å². The van der Waals surface area contributed by atoms with Crippen molar-refractivity contribution in [2.75, 3.05) is 166 Å². The summed E-state index contributed by atoms with van der Waals surface area (Å²) in [6.45, 7) is 17.3. The summed E-state index contributed by atoms with van der Waals surface area (Å²) in [6.07, 6.45) is 31.1. The highest BCUT2D eigenvalue weighted by atomic mass is 19.1. The van der Waals surface area contributed by atoms with E-state index in [-0.39, 0.29) is 36.4 Å². The molecule has 12 aliphatic rings. The highest BCUT2D eigenvalue weighted by molar-refractivity contribution is 5.78. The van der Waals surface area contributed by atoms with Gasteiger partial charge in [-0.05, 0) is 383 Å². The van der Waals surface area contributed by atoms with Crippen LogP contribution in [0.4, 0.5) is 40.8 Å². The molecule has 0 spiro atoms. The first-order valence-corrected chi connectivity index (χ1v) is 55.5. The van der Waals surface area contributed by atoms with E-state index in [0.717, 1.165) is 300 Å². The number of likely N-dealkylation sites (tertiary alicyclic amines) is 4. The van der Waals surface area contributed by atoms with Crippen molar-refractivity contribution in [2.45, 2.75) is 280 Å². The van der Waals surface area contributed by atoms with Gasteiger partial charge in [-0.15, -0.1) is 0 Å². The monoisotopic (exact) mass is 2060 g/mol. The van der Waals surface area contributed by atoms with Gasteiger partial charge in [-0.3, -0.25) is 38.8 Å². The van der Waals surface area contributed by atoms with Crippen LogP contribution in [0.3, 0.4) is 0 Å². The van der Waals surface area contributed by atoms with E-state index in [0.29, 0.717) is 165 Å². The molecule has 16 heterocycles. The molecule has 12 aliphatic heterocycles. The van der Waals surface area contributed by atoms with Gasteiger partial charge in [0, 0.05) is 147 Å². The number of nitrogens with one attached hydrogen (secondary N) is 4. The number of carbonyl (C=O) groups is 4. The molecule has 0 bridgehead atoms. The van der Waals surface area contributed by atoms with Crippen LogP contribution < -0.4 is 21.3 Å². The van der Waals surface area contributed by atoms with Gasteiger partial charge in [-0.2, -0.15) is 0 Å². The lowest BCUT2D eigenvalue weighted by atomic mass is 9.92. The average Bonchev–Trinajstić information content (AvgIpc) is 1.77. The predicted octanol–water partition coefficient (Wildman–Crippen LogP) is 20.2. The summed E-state index contributed by atoms with van der Waals surface area (Å²) in [5, 5.41) is 54.3. The number of benzene rings is 4. The molecule has 0 saturated carbocycles. The Morgan fingerprint density at radius 3 is 1.09 bits per heavy atom. The summed E-state index contributed by atoms with van der Waals surface area (Å²) in [5.74, 6) is -0.373. The number of carboxylic acids is 4. The van der Waals surface area contributed by atoms with Crippen LogP contribution in [0.15, 0.2) is 121 Å². The first-order chi connectivity index (χ1) is 72.7. The maximum absolute atomic E-state index is 14.3. The molecule has 149 heavy (non-hydrogen) atoms. The van der Waals surface area contributed by atoms with Gasteiger partial charge in [0.15, 0.2) is 0 Å². The Kier molecular flexibility index (Phi) is 40.9. The highest BCUT2D eigenvalue weighted by Crippen LogP contribution is 2.45. The van der Waals surface area contributed by atoms with E-state index in [9.17, 15) is 57.2 Å². The van der Waals surface area contributed by atoms with Crippen LogP contribution in [-0.4, -0.2) is 241 Å². The summed E-state index contributed by atoms with van der Waals surface area (Å²) in [4.78, 5) is 76.5. The van der Waals surface area contributed by atoms with E-state index in [1.54, 1.807) is 24.3 Å². The number of hydrogen-bond acceptors (Lipinski definition) is 24. The number of anilines is 4. The summed E-state index contributed by atoms with van der Waals surface area (Å²) in [7, 11) is 0. The molecule has 28 nitrogen and oxygen atoms in total. The number of ether oxygens (including phenoxy) is 8. The Balaban J connectivity index is 0.000000135. The van der Waals surface area contributed by atoms with Crippen LogP contribution in [0.1, 0.15) is 306 Å². The van der Waals surface area contributed by atoms with Gasteiger partial charge < -0.3 is 79.6 Å². The number of rotatable bonds is 40. The van der Waals surface area contributed by atoms with Crippen molar-refractivity contribution in [3.05, 3.63) is 234 Å². The Labute approximate surface area is 874 Å². The number of nitrogens with zero attached hydrogens (tertiary/aromatic N) is 8. The van der Waals surface area contributed by atoms with Gasteiger partial charge in [-0.25, -0.2) is 37.5 Å². The SMILES string of the molecule is C[C@@H]1CCc2ccc(CCCCO[C@@H]3CCN([C@@H](C(=O)O)c4cc(F)ccc4[C@@H]4CCCCO4)C3)nc2N1.O=C(O)[C@@H](c1cc(F)ccc1[C@@H]1CCCCO1)N1CC[C@@H](CCOCCc2ccc3c(n2)NCCC3)C1.O=C(O)[C@H](c1cc(F)ccc1[C@@H]1CCCCO1)N1CC[C@@H](CCOCCc2ccc3c(n2)NCCC3)C1.O=C(O)[C@H](c1cc(F)ccc1[C@@H]1CCCCO1)N1CC[C@@H](COCCCc2ccc3c(n2)NCCC3)C1. The van der Waals surface area contributed by atoms with Crippen LogP contribution in [0, 0.1) is 41.0 Å². The molecule has 32 heteroatoms. The van der Waals surface area contributed by atoms with E-state index in [4.69, 9.17) is 57.8 Å². The van der Waals surface area contributed by atoms with Crippen LogP contribution in [0.25, 0.3) is 0 Å². The Morgan fingerprint density at radius 2 is 0.705 bits per heavy atom. The third kappa shape index (κ3) is 30.7. The lowest BCUT2D eigenvalue weighted by Gasteiger charge is -2.30. The molecule has 0 amide bonds. The number of unbranched alkanes of at least 4 members (excludes halogenated alkanes) is 1. The maximum Gasteiger partial charge on any atom is 0.325 e. The number of aromatic nitrogens is 4. The number of aliphatic carboxylic acids is 4. The lowest BCUT2D eigenvalue weighted by Crippen LogP contribution is -2.34. The zero-order valence-electron chi connectivity index (χ0n) is 86.7. The molecule has 8 saturated heterocycles. The lowest BCUT2D eigenvalue weighted by molar-refractivity contribution is -0.144. The number of aryl methyl sites for hydroxylation is 6. The number of hydrogen-bond donors (Lipinski definition) is 8. The zero-order chi connectivity index (χ0) is 103. The summed E-state index contributed by atoms with van der Waals surface area (Å²) < 4.78 is 105. The van der Waals surface area contributed by atoms with Crippen molar-refractivity contribution in [3.63, 3.8) is 0 Å². The van der Waals surface area contributed by atoms with Gasteiger partial charge in [-0.1, -0.05) is 48.5 Å². The first kappa shape index (κ1) is 110. The quantitative estimate of drug-likeness (QED) is 0.0131. The molecule has 4 aromatic heterocycles. The molecule has 0 unspecified atom stereocenters. The minimum absolute atomic E-state index is 0.0210. The van der Waals surface area contributed by atoms with Crippen molar-refractivity contribution in [3.8, 4) is 0 Å². The molecule has 4 aromatic carbocycles. The van der Waals surface area contributed by atoms with Crippen molar-refractivity contribution in [1.29, 1.82) is 0 Å². The highest BCUT2D eigenvalue weighted by Gasteiger charge is 2.43. The van der Waals surface area contributed by atoms with Gasteiger partial charge >= 0.3 is 23.9 Å². The molecule has 0 aliphatic carbocycles. The number of carboxylic acid groups (broad SMARTS) is 4. The number of halogens is 4. The molecule has 8 N–H and O–H groups in total. The fourth-order valence-electron chi connectivity index (χ4n) is 23.7. The molecule has 806 valence electrons. The van der Waals surface area contributed by atoms with Gasteiger partial charge in [0.1, 0.15) is 70.7 Å². The maximum atomic E-state index is 14.3. The van der Waals surface area contributed by atoms with Gasteiger partial charge in [0.05, 0.1) is 50.3 Å². The Bertz CT molecular complexity index is 5290. The zero-order valence-corrected chi connectivity index (χ0v) is 86.7. The molecule has 8 fully saturated rings. The first-order valence-electron chi connectivity index (χ1n) is 55.5. The number of pyridine rings is 4. The molecule has 0 radical (unpaired) electrons. The predicted molar refractivity (Wildman–Crippen MR) is 561 cm³/mol. The van der Waals surface area contributed by atoms with Crippen molar-refractivity contribution in [1.82, 2.24) is 39.5 Å². The smallest absolute Gasteiger partial charge is 0.325 e. The third-order valence-electron chi connectivity index (χ3n) is 31.7. The second-order valence-corrected chi connectivity index (χ2v) is 42.6. The van der Waals surface area contributed by atoms with Crippen LogP contribution >= 0.6 is 0 Å². The average molecular weight is 2060 g/mol. The fourth-order valence-corrected chi connectivity index (χ4v) is 23.7. The summed E-state index contributed by atoms with van der Waals surface area (Å²) in [6, 6.07) is 32.1. The molecular weight excluding hydrogens is 1910 g/mol. The molecular formula is C117H154F4N12O16. The van der Waals surface area contributed by atoms with Gasteiger partial charge in [0.25, 0.3) is 0 Å². The van der Waals surface area contributed by atoms with E-state index >= 15 is 0 Å². The topological polar surface area (TPSA) is 336 Å². The Morgan fingerprint density at radius 1 is 0.356 bits per heavy atom. The second-order valence-electron chi connectivity index (χ2n) is 42.6. The van der Waals surface area contributed by atoms with Gasteiger partial charge in [0.2, 0.25) is 0 Å². The van der Waals surface area contributed by atoms with Crippen molar-refractivity contribution >= 4 is 47.1 Å².